The fourth-order valence-corrected chi connectivity index (χ4v) is 2.56. The van der Waals surface area contributed by atoms with E-state index in [-0.39, 0.29) is 31.0 Å². The molecule has 1 aliphatic heterocycles. The Balaban J connectivity index is 1.94. The smallest absolute Gasteiger partial charge is 0.394 e. The maximum absolute atomic E-state index is 12.9. The van der Waals surface area contributed by atoms with E-state index in [1.165, 1.54) is 0 Å². The van der Waals surface area contributed by atoms with Gasteiger partial charge in [0, 0.05) is 12.5 Å². The van der Waals surface area contributed by atoms with Gasteiger partial charge in [-0.15, -0.1) is 0 Å². The highest BCUT2D eigenvalue weighted by molar-refractivity contribution is 5.86. The number of carbonyl (C=O) groups excluding carboxylic acids is 2. The highest BCUT2D eigenvalue weighted by Gasteiger charge is 2.50. The predicted octanol–water partition coefficient (Wildman–Crippen LogP) is 1.21. The van der Waals surface area contributed by atoms with Gasteiger partial charge in [-0.1, -0.05) is 0 Å². The van der Waals surface area contributed by atoms with Crippen LogP contribution in [0.2, 0.25) is 0 Å². The van der Waals surface area contributed by atoms with Crippen molar-refractivity contribution in [2.75, 3.05) is 6.61 Å². The van der Waals surface area contributed by atoms with Crippen LogP contribution >= 0.6 is 0 Å². The number of oxazole rings is 1. The Labute approximate surface area is 135 Å². The van der Waals surface area contributed by atoms with Crippen LogP contribution in [0.25, 0.3) is 0 Å². The fraction of sp³-hybridized carbons (Fsp3) is 0.643. The average molecular weight is 350 g/mol. The van der Waals surface area contributed by atoms with Crippen molar-refractivity contribution in [3.63, 3.8) is 0 Å². The number of nitrogens with zero attached hydrogens (tertiary/aromatic N) is 1. The number of aliphatic hydroxyl groups is 1. The van der Waals surface area contributed by atoms with Crippen LogP contribution in [0.4, 0.5) is 13.2 Å². The second-order valence-electron chi connectivity index (χ2n) is 5.47. The second kappa shape index (κ2) is 7.20. The summed E-state index contributed by atoms with van der Waals surface area (Å²) in [6, 6.07) is -1.20. The predicted molar refractivity (Wildman–Crippen MR) is 72.9 cm³/mol. The van der Waals surface area contributed by atoms with Gasteiger partial charge in [0.1, 0.15) is 6.26 Å². The number of ether oxygens (including phenoxy) is 1. The number of hydrogen-bond donors (Lipinski definition) is 2. The number of hydrogen-bond acceptors (Lipinski definition) is 6. The summed E-state index contributed by atoms with van der Waals surface area (Å²) in [6.45, 7) is 1.78. The van der Waals surface area contributed by atoms with Gasteiger partial charge in [0.25, 0.3) is 0 Å². The van der Waals surface area contributed by atoms with Gasteiger partial charge >= 0.3 is 12.1 Å². The molecule has 24 heavy (non-hydrogen) atoms. The van der Waals surface area contributed by atoms with Gasteiger partial charge in [0.2, 0.25) is 5.91 Å². The molecular formula is C14H17F3N2O5. The molecule has 7 nitrogen and oxygen atoms in total. The molecule has 0 radical (unpaired) electrons. The van der Waals surface area contributed by atoms with Gasteiger partial charge in [-0.05, 0) is 13.3 Å². The van der Waals surface area contributed by atoms with Crippen LogP contribution in [-0.2, 0) is 16.0 Å². The molecule has 1 amide bonds. The number of carbonyl (C=O) groups is 2. The summed E-state index contributed by atoms with van der Waals surface area (Å²) < 4.78 is 48.3. The molecule has 3 atom stereocenters. The van der Waals surface area contributed by atoms with Crippen LogP contribution in [0.3, 0.4) is 0 Å². The monoisotopic (exact) mass is 350 g/mol. The highest BCUT2D eigenvalue weighted by Crippen LogP contribution is 2.36. The third-order valence-electron chi connectivity index (χ3n) is 3.63. The number of nitrogens with one attached hydrogen (secondary N) is 1. The number of aromatic nitrogens is 1. The molecule has 2 heterocycles. The number of alkyl halides is 3. The topological polar surface area (TPSA) is 102 Å². The van der Waals surface area contributed by atoms with Gasteiger partial charge in [0.15, 0.2) is 11.6 Å². The van der Waals surface area contributed by atoms with Crippen molar-refractivity contribution in [1.29, 1.82) is 0 Å². The van der Waals surface area contributed by atoms with Crippen molar-refractivity contribution in [1.82, 2.24) is 10.3 Å². The number of amides is 1. The zero-order valence-corrected chi connectivity index (χ0v) is 12.8. The number of rotatable bonds is 6. The van der Waals surface area contributed by atoms with E-state index in [9.17, 15) is 27.9 Å². The van der Waals surface area contributed by atoms with Crippen LogP contribution in [0.5, 0.6) is 0 Å². The quantitative estimate of drug-likeness (QED) is 0.748. The molecule has 1 aromatic rings. The van der Waals surface area contributed by atoms with Gasteiger partial charge < -0.3 is 19.6 Å². The molecule has 1 aromatic heterocycles. The Morgan fingerprint density at radius 3 is 2.92 bits per heavy atom. The molecule has 10 heteroatoms. The van der Waals surface area contributed by atoms with E-state index in [2.05, 4.69) is 10.3 Å². The molecule has 3 unspecified atom stereocenters. The molecule has 0 aliphatic carbocycles. The number of aliphatic hydroxyl groups excluding tert-OH is 1. The molecule has 2 N–H and O–H groups in total. The lowest BCUT2D eigenvalue weighted by atomic mass is 9.94. The van der Waals surface area contributed by atoms with E-state index in [0.29, 0.717) is 0 Å². The summed E-state index contributed by atoms with van der Waals surface area (Å²) >= 11 is 0. The Bertz CT molecular complexity index is 601. The van der Waals surface area contributed by atoms with E-state index in [4.69, 9.17) is 9.15 Å². The number of halogens is 3. The molecule has 0 spiro atoms. The Hall–Kier alpha value is -2.10. The lowest BCUT2D eigenvalue weighted by Gasteiger charge is -2.23. The Morgan fingerprint density at radius 1 is 1.58 bits per heavy atom. The van der Waals surface area contributed by atoms with Crippen molar-refractivity contribution in [2.45, 2.75) is 44.5 Å². The fourth-order valence-electron chi connectivity index (χ4n) is 2.56. The minimum Gasteiger partial charge on any atom is -0.461 e. The normalized spacial score (nSPS) is 22.3. The van der Waals surface area contributed by atoms with E-state index in [1.54, 1.807) is 6.92 Å². The van der Waals surface area contributed by atoms with Crippen molar-refractivity contribution in [3.8, 4) is 0 Å². The molecule has 1 fully saturated rings. The summed E-state index contributed by atoms with van der Waals surface area (Å²) in [5, 5.41) is 12.2. The van der Waals surface area contributed by atoms with Gasteiger partial charge in [-0.25, -0.2) is 9.78 Å². The number of esters is 1. The molecule has 1 aliphatic rings. The van der Waals surface area contributed by atoms with E-state index >= 15 is 0 Å². The SMILES string of the molecule is CCOC(=O)c1coc(CC(O)CC2NC(=O)CC2C(F)(F)F)n1. The van der Waals surface area contributed by atoms with E-state index in [0.717, 1.165) is 6.26 Å². The third kappa shape index (κ3) is 4.47. The molecule has 0 saturated carbocycles. The first-order valence-corrected chi connectivity index (χ1v) is 7.36. The van der Waals surface area contributed by atoms with Crippen molar-refractivity contribution < 1.29 is 37.0 Å². The van der Waals surface area contributed by atoms with E-state index < -0.39 is 42.5 Å². The maximum Gasteiger partial charge on any atom is 0.394 e. The van der Waals surface area contributed by atoms with Crippen molar-refractivity contribution in [2.24, 2.45) is 5.92 Å². The average Bonchev–Trinajstić information content (AvgIpc) is 3.05. The molecule has 2 rings (SSSR count). The van der Waals surface area contributed by atoms with Crippen LogP contribution in [0.1, 0.15) is 36.1 Å². The molecule has 0 bridgehead atoms. The van der Waals surface area contributed by atoms with Gasteiger partial charge in [-0.2, -0.15) is 13.2 Å². The largest absolute Gasteiger partial charge is 0.461 e. The molecular weight excluding hydrogens is 333 g/mol. The minimum atomic E-state index is -4.52. The first-order valence-electron chi connectivity index (χ1n) is 7.36. The summed E-state index contributed by atoms with van der Waals surface area (Å²) in [7, 11) is 0. The standard InChI is InChI=1S/C14H17F3N2O5/c1-2-23-13(22)10-6-24-12(19-10)4-7(20)3-9-8(14(15,16)17)5-11(21)18-9/h6-9,20H,2-5H2,1H3,(H,18,21). The summed E-state index contributed by atoms with van der Waals surface area (Å²) in [5.41, 5.74) is -0.0820. The summed E-state index contributed by atoms with van der Waals surface area (Å²) in [4.78, 5) is 26.5. The summed E-state index contributed by atoms with van der Waals surface area (Å²) in [6.07, 6.45) is -5.82. The van der Waals surface area contributed by atoms with E-state index in [1.807, 2.05) is 0 Å². The second-order valence-corrected chi connectivity index (χ2v) is 5.47. The highest BCUT2D eigenvalue weighted by atomic mass is 19.4. The molecule has 1 saturated heterocycles. The lowest BCUT2D eigenvalue weighted by molar-refractivity contribution is -0.178. The molecule has 134 valence electrons. The van der Waals surface area contributed by atoms with Crippen LogP contribution in [0, 0.1) is 5.92 Å². The van der Waals surface area contributed by atoms with Gasteiger partial charge in [0.05, 0.1) is 25.0 Å². The first-order chi connectivity index (χ1) is 11.2. The van der Waals surface area contributed by atoms with Crippen LogP contribution in [0.15, 0.2) is 10.7 Å². The van der Waals surface area contributed by atoms with Crippen molar-refractivity contribution in [3.05, 3.63) is 17.8 Å². The molecule has 0 aromatic carbocycles. The summed E-state index contributed by atoms with van der Waals surface area (Å²) in [5.74, 6) is -3.23. The van der Waals surface area contributed by atoms with Crippen LogP contribution < -0.4 is 5.32 Å². The van der Waals surface area contributed by atoms with Crippen LogP contribution in [-0.4, -0.2) is 46.9 Å². The first kappa shape index (κ1) is 18.2. The maximum atomic E-state index is 12.9. The van der Waals surface area contributed by atoms with Gasteiger partial charge in [-0.3, -0.25) is 4.79 Å². The zero-order chi connectivity index (χ0) is 17.9. The minimum absolute atomic E-state index is 0.00145. The Kier molecular flexibility index (Phi) is 5.47. The lowest BCUT2D eigenvalue weighted by Crippen LogP contribution is -2.39. The Morgan fingerprint density at radius 2 is 2.29 bits per heavy atom. The van der Waals surface area contributed by atoms with Crippen molar-refractivity contribution >= 4 is 11.9 Å². The zero-order valence-electron chi connectivity index (χ0n) is 12.8. The third-order valence-corrected chi connectivity index (χ3v) is 3.63.